The van der Waals surface area contributed by atoms with Gasteiger partial charge in [0, 0.05) is 5.69 Å². The molecule has 2 N–H and O–H groups in total. The Morgan fingerprint density at radius 1 is 0.882 bits per heavy atom. The SMILES string of the molecule is COc1ccc(-c2ccc(N)cc2)ccc1=O. The van der Waals surface area contributed by atoms with Crippen LogP contribution in [0, 0.1) is 0 Å². The van der Waals surface area contributed by atoms with Crippen LogP contribution in [-0.4, -0.2) is 7.11 Å². The molecular formula is C14H13NO2. The maximum atomic E-state index is 11.5. The van der Waals surface area contributed by atoms with E-state index in [1.807, 2.05) is 30.3 Å². The van der Waals surface area contributed by atoms with Crippen LogP contribution in [-0.2, 0) is 0 Å². The molecule has 0 unspecified atom stereocenters. The largest absolute Gasteiger partial charge is 0.493 e. The first-order chi connectivity index (χ1) is 8.20. The van der Waals surface area contributed by atoms with Gasteiger partial charge in [-0.25, -0.2) is 0 Å². The molecule has 2 aromatic carbocycles. The summed E-state index contributed by atoms with van der Waals surface area (Å²) in [5.41, 5.74) is 8.18. The van der Waals surface area contributed by atoms with Crippen LogP contribution in [0.5, 0.6) is 5.75 Å². The third-order valence-electron chi connectivity index (χ3n) is 2.54. The first-order valence-electron chi connectivity index (χ1n) is 5.25. The topological polar surface area (TPSA) is 52.3 Å². The second kappa shape index (κ2) is 4.70. The second-order valence-electron chi connectivity index (χ2n) is 3.68. The molecule has 0 aliphatic rings. The highest BCUT2D eigenvalue weighted by Crippen LogP contribution is 2.20. The monoisotopic (exact) mass is 227 g/mol. The minimum Gasteiger partial charge on any atom is -0.493 e. The molecule has 0 atom stereocenters. The van der Waals surface area contributed by atoms with Crippen molar-refractivity contribution in [2.45, 2.75) is 0 Å². The third kappa shape index (κ3) is 2.45. The van der Waals surface area contributed by atoms with Gasteiger partial charge in [-0.1, -0.05) is 24.3 Å². The van der Waals surface area contributed by atoms with E-state index in [4.69, 9.17) is 10.5 Å². The van der Waals surface area contributed by atoms with E-state index in [0.29, 0.717) is 5.75 Å². The number of methoxy groups -OCH3 is 1. The summed E-state index contributed by atoms with van der Waals surface area (Å²) >= 11 is 0. The first kappa shape index (κ1) is 11.2. The Bertz CT molecular complexity index is 576. The summed E-state index contributed by atoms with van der Waals surface area (Å²) in [5, 5.41) is 0. The number of benzene rings is 1. The molecule has 0 bridgehead atoms. The molecule has 0 saturated heterocycles. The third-order valence-corrected chi connectivity index (χ3v) is 2.54. The van der Waals surface area contributed by atoms with Gasteiger partial charge in [0.15, 0.2) is 5.75 Å². The molecule has 86 valence electrons. The van der Waals surface area contributed by atoms with E-state index < -0.39 is 0 Å². The second-order valence-corrected chi connectivity index (χ2v) is 3.68. The van der Waals surface area contributed by atoms with Crippen molar-refractivity contribution in [2.24, 2.45) is 0 Å². The summed E-state index contributed by atoms with van der Waals surface area (Å²) in [6.07, 6.45) is 0. The number of nitrogen functional groups attached to an aromatic ring is 1. The van der Waals surface area contributed by atoms with E-state index in [0.717, 1.165) is 16.8 Å². The van der Waals surface area contributed by atoms with Crippen molar-refractivity contribution in [3.05, 3.63) is 58.8 Å². The average Bonchev–Trinajstić information content (AvgIpc) is 2.52. The van der Waals surface area contributed by atoms with Crippen LogP contribution in [0.25, 0.3) is 11.1 Å². The predicted octanol–water partition coefficient (Wildman–Crippen LogP) is 2.30. The highest BCUT2D eigenvalue weighted by Gasteiger charge is 1.99. The summed E-state index contributed by atoms with van der Waals surface area (Å²) in [6.45, 7) is 0. The summed E-state index contributed by atoms with van der Waals surface area (Å²) < 4.78 is 4.98. The fourth-order valence-electron chi connectivity index (χ4n) is 1.59. The maximum Gasteiger partial charge on any atom is 0.220 e. The number of rotatable bonds is 2. The molecule has 2 aromatic rings. The van der Waals surface area contributed by atoms with Crippen molar-refractivity contribution in [1.82, 2.24) is 0 Å². The van der Waals surface area contributed by atoms with Crippen LogP contribution in [0.3, 0.4) is 0 Å². The quantitative estimate of drug-likeness (QED) is 0.801. The van der Waals surface area contributed by atoms with Gasteiger partial charge >= 0.3 is 0 Å². The fourth-order valence-corrected chi connectivity index (χ4v) is 1.59. The zero-order valence-corrected chi connectivity index (χ0v) is 9.51. The smallest absolute Gasteiger partial charge is 0.220 e. The molecule has 0 heterocycles. The number of ether oxygens (including phenoxy) is 1. The van der Waals surface area contributed by atoms with Crippen LogP contribution in [0.15, 0.2) is 53.3 Å². The first-order valence-corrected chi connectivity index (χ1v) is 5.25. The Balaban J connectivity index is 2.51. The minimum atomic E-state index is -0.130. The lowest BCUT2D eigenvalue weighted by Gasteiger charge is -1.99. The Labute approximate surface area is 99.5 Å². The van der Waals surface area contributed by atoms with Gasteiger partial charge in [0.2, 0.25) is 5.43 Å². The summed E-state index contributed by atoms with van der Waals surface area (Å²) in [4.78, 5) is 11.5. The lowest BCUT2D eigenvalue weighted by Crippen LogP contribution is -1.98. The van der Waals surface area contributed by atoms with E-state index in [1.165, 1.54) is 13.2 Å². The Hall–Kier alpha value is -2.29. The molecule has 3 nitrogen and oxygen atoms in total. The van der Waals surface area contributed by atoms with Crippen molar-refractivity contribution in [3.63, 3.8) is 0 Å². The Morgan fingerprint density at radius 3 is 2.00 bits per heavy atom. The van der Waals surface area contributed by atoms with Crippen molar-refractivity contribution < 1.29 is 4.74 Å². The summed E-state index contributed by atoms with van der Waals surface area (Å²) in [7, 11) is 1.49. The van der Waals surface area contributed by atoms with E-state index in [1.54, 1.807) is 12.1 Å². The number of anilines is 1. The van der Waals surface area contributed by atoms with Crippen LogP contribution >= 0.6 is 0 Å². The van der Waals surface area contributed by atoms with E-state index in [-0.39, 0.29) is 5.43 Å². The van der Waals surface area contributed by atoms with Crippen molar-refractivity contribution >= 4 is 5.69 Å². The molecule has 0 radical (unpaired) electrons. The molecule has 0 spiro atoms. The Morgan fingerprint density at radius 2 is 1.41 bits per heavy atom. The summed E-state index contributed by atoms with van der Waals surface area (Å²) in [5.74, 6) is 0.340. The Kier molecular flexibility index (Phi) is 3.10. The van der Waals surface area contributed by atoms with Gasteiger partial charge in [-0.2, -0.15) is 0 Å². The van der Waals surface area contributed by atoms with Crippen molar-refractivity contribution in [2.75, 3.05) is 12.8 Å². The van der Waals surface area contributed by atoms with Gasteiger partial charge < -0.3 is 10.5 Å². The van der Waals surface area contributed by atoms with Crippen LogP contribution < -0.4 is 15.9 Å². The van der Waals surface area contributed by atoms with Gasteiger partial charge in [0.1, 0.15) is 0 Å². The number of nitrogens with two attached hydrogens (primary N) is 1. The van der Waals surface area contributed by atoms with E-state index in [2.05, 4.69) is 0 Å². The van der Waals surface area contributed by atoms with Crippen molar-refractivity contribution in [1.29, 1.82) is 0 Å². The predicted molar refractivity (Wildman–Crippen MR) is 69.1 cm³/mol. The lowest BCUT2D eigenvalue weighted by molar-refractivity contribution is 0.411. The van der Waals surface area contributed by atoms with Crippen LogP contribution in [0.2, 0.25) is 0 Å². The van der Waals surface area contributed by atoms with Crippen LogP contribution in [0.1, 0.15) is 0 Å². The highest BCUT2D eigenvalue weighted by molar-refractivity contribution is 5.65. The van der Waals surface area contributed by atoms with Gasteiger partial charge in [-0.05, 0) is 35.4 Å². The van der Waals surface area contributed by atoms with Crippen molar-refractivity contribution in [3.8, 4) is 16.9 Å². The molecule has 0 saturated carbocycles. The average molecular weight is 227 g/mol. The highest BCUT2D eigenvalue weighted by atomic mass is 16.5. The molecule has 0 amide bonds. The molecule has 0 aliphatic carbocycles. The van der Waals surface area contributed by atoms with E-state index in [9.17, 15) is 4.79 Å². The standard InChI is InChI=1S/C14H13NO2/c1-17-14-9-5-11(4-8-13(14)16)10-2-6-12(15)7-3-10/h2-9H,15H2,1H3. The molecule has 2 rings (SSSR count). The normalized spacial score (nSPS) is 9.94. The minimum absolute atomic E-state index is 0.130. The number of hydrogen-bond donors (Lipinski definition) is 1. The van der Waals surface area contributed by atoms with E-state index >= 15 is 0 Å². The molecule has 0 aliphatic heterocycles. The zero-order chi connectivity index (χ0) is 12.3. The van der Waals surface area contributed by atoms with Gasteiger partial charge in [-0.3, -0.25) is 4.79 Å². The van der Waals surface area contributed by atoms with Crippen LogP contribution in [0.4, 0.5) is 5.69 Å². The molecular weight excluding hydrogens is 214 g/mol. The lowest BCUT2D eigenvalue weighted by atomic mass is 10.1. The number of hydrogen-bond acceptors (Lipinski definition) is 3. The van der Waals surface area contributed by atoms with Gasteiger partial charge in [0.25, 0.3) is 0 Å². The van der Waals surface area contributed by atoms with Gasteiger partial charge in [0.05, 0.1) is 7.11 Å². The molecule has 3 heteroatoms. The summed E-state index contributed by atoms with van der Waals surface area (Å²) in [6, 6.07) is 14.3. The fraction of sp³-hybridized carbons (Fsp3) is 0.0714. The van der Waals surface area contributed by atoms with Gasteiger partial charge in [-0.15, -0.1) is 0 Å². The molecule has 0 fully saturated rings. The molecule has 17 heavy (non-hydrogen) atoms. The zero-order valence-electron chi connectivity index (χ0n) is 9.51. The molecule has 0 aromatic heterocycles. The maximum absolute atomic E-state index is 11.5.